The van der Waals surface area contributed by atoms with Crippen molar-refractivity contribution in [2.45, 2.75) is 19.6 Å². The van der Waals surface area contributed by atoms with E-state index in [1.165, 1.54) is 10.8 Å². The molecule has 17 heavy (non-hydrogen) atoms. The largest absolute Gasteiger partial charge is 0.462 e. The average Bonchev–Trinajstić information content (AvgIpc) is 2.73. The van der Waals surface area contributed by atoms with Crippen molar-refractivity contribution in [1.29, 1.82) is 0 Å². The van der Waals surface area contributed by atoms with E-state index < -0.39 is 11.5 Å². The minimum absolute atomic E-state index is 0.0885. The molecule has 0 spiro atoms. The molecule has 0 radical (unpaired) electrons. The fourth-order valence-electron chi connectivity index (χ4n) is 1.55. The van der Waals surface area contributed by atoms with Crippen LogP contribution in [0.25, 0.3) is 0 Å². The Kier molecular flexibility index (Phi) is 3.33. The number of carbonyl (C=O) groups is 1. The lowest BCUT2D eigenvalue weighted by Gasteiger charge is -2.03. The lowest BCUT2D eigenvalue weighted by molar-refractivity contribution is 0.0523. The number of aromatic nitrogens is 2. The number of ether oxygens (including phenoxy) is 2. The molecule has 1 atom stereocenters. The van der Waals surface area contributed by atoms with Gasteiger partial charge in [0.15, 0.2) is 0 Å². The average molecular weight is 259 g/mol. The lowest BCUT2D eigenvalue weighted by atomic mass is 10.3. The predicted molar refractivity (Wildman–Crippen MR) is 59.6 cm³/mol. The van der Waals surface area contributed by atoms with Crippen LogP contribution in [-0.4, -0.2) is 34.1 Å². The smallest absolute Gasteiger partial charge is 0.345 e. The van der Waals surface area contributed by atoms with Gasteiger partial charge in [-0.05, 0) is 6.92 Å². The first-order valence-corrected chi connectivity index (χ1v) is 5.70. The van der Waals surface area contributed by atoms with Crippen molar-refractivity contribution in [3.05, 3.63) is 22.1 Å². The minimum atomic E-state index is -0.672. The van der Waals surface area contributed by atoms with Crippen molar-refractivity contribution in [2.24, 2.45) is 0 Å². The van der Waals surface area contributed by atoms with Crippen LogP contribution in [0.2, 0.25) is 0 Å². The molecule has 7 heteroatoms. The van der Waals surface area contributed by atoms with Crippen LogP contribution in [0.4, 0.5) is 0 Å². The van der Waals surface area contributed by atoms with Gasteiger partial charge < -0.3 is 9.47 Å². The van der Waals surface area contributed by atoms with Crippen molar-refractivity contribution in [3.63, 3.8) is 0 Å². The van der Waals surface area contributed by atoms with Gasteiger partial charge in [-0.15, -0.1) is 11.6 Å². The number of rotatable bonds is 3. The van der Waals surface area contributed by atoms with E-state index in [0.29, 0.717) is 6.54 Å². The molecular formula is C10H11ClN2O4. The summed E-state index contributed by atoms with van der Waals surface area (Å²) in [7, 11) is 0. The van der Waals surface area contributed by atoms with Crippen LogP contribution in [0.15, 0.2) is 11.0 Å². The maximum absolute atomic E-state index is 11.9. The van der Waals surface area contributed by atoms with E-state index in [9.17, 15) is 9.59 Å². The Bertz CT molecular complexity index is 500. The molecular weight excluding hydrogens is 248 g/mol. The van der Waals surface area contributed by atoms with Crippen LogP contribution in [-0.2, 0) is 11.3 Å². The molecule has 1 aliphatic heterocycles. The van der Waals surface area contributed by atoms with Crippen LogP contribution in [0.5, 0.6) is 6.01 Å². The maximum Gasteiger partial charge on any atom is 0.345 e. The van der Waals surface area contributed by atoms with Crippen LogP contribution < -0.4 is 10.3 Å². The molecule has 0 fully saturated rings. The molecule has 0 aromatic carbocycles. The fraction of sp³-hybridized carbons (Fsp3) is 0.500. The normalized spacial score (nSPS) is 17.4. The second kappa shape index (κ2) is 4.75. The first-order chi connectivity index (χ1) is 8.17. The Morgan fingerprint density at radius 1 is 1.76 bits per heavy atom. The molecule has 0 N–H and O–H groups in total. The second-order valence-electron chi connectivity index (χ2n) is 3.48. The summed E-state index contributed by atoms with van der Waals surface area (Å²) in [5.74, 6) is -0.410. The van der Waals surface area contributed by atoms with Gasteiger partial charge in [0.1, 0.15) is 11.7 Å². The zero-order valence-electron chi connectivity index (χ0n) is 9.18. The van der Waals surface area contributed by atoms with Gasteiger partial charge in [0, 0.05) is 0 Å². The molecule has 0 bridgehead atoms. The summed E-state index contributed by atoms with van der Waals surface area (Å²) in [5, 5.41) is 0. The summed E-state index contributed by atoms with van der Waals surface area (Å²) >= 11 is 5.64. The van der Waals surface area contributed by atoms with Crippen LogP contribution in [0.1, 0.15) is 17.3 Å². The van der Waals surface area contributed by atoms with Gasteiger partial charge in [-0.2, -0.15) is 0 Å². The number of carbonyl (C=O) groups excluding carboxylic acids is 1. The molecule has 2 heterocycles. The van der Waals surface area contributed by atoms with Gasteiger partial charge in [0.25, 0.3) is 11.6 Å². The van der Waals surface area contributed by atoms with Gasteiger partial charge in [0.2, 0.25) is 0 Å². The molecule has 1 aliphatic rings. The van der Waals surface area contributed by atoms with E-state index in [0.717, 1.165) is 0 Å². The Morgan fingerprint density at radius 2 is 2.53 bits per heavy atom. The monoisotopic (exact) mass is 258 g/mol. The lowest BCUT2D eigenvalue weighted by Crippen LogP contribution is -2.27. The fourth-order valence-corrected chi connectivity index (χ4v) is 1.71. The molecule has 0 unspecified atom stereocenters. The first-order valence-electron chi connectivity index (χ1n) is 5.17. The van der Waals surface area contributed by atoms with Crippen LogP contribution in [0, 0.1) is 0 Å². The second-order valence-corrected chi connectivity index (χ2v) is 3.79. The molecule has 0 saturated heterocycles. The molecule has 0 aliphatic carbocycles. The maximum atomic E-state index is 11.9. The highest BCUT2D eigenvalue weighted by molar-refractivity contribution is 6.18. The van der Waals surface area contributed by atoms with Gasteiger partial charge in [-0.1, -0.05) is 0 Å². The van der Waals surface area contributed by atoms with E-state index >= 15 is 0 Å². The topological polar surface area (TPSA) is 70.4 Å². The molecule has 2 rings (SSSR count). The third-order valence-electron chi connectivity index (χ3n) is 2.34. The molecule has 0 amide bonds. The van der Waals surface area contributed by atoms with Crippen molar-refractivity contribution in [1.82, 2.24) is 9.55 Å². The number of fused-ring (bicyclic) bond motifs is 1. The number of hydrogen-bond acceptors (Lipinski definition) is 5. The Labute approximate surface area is 102 Å². The van der Waals surface area contributed by atoms with Crippen molar-refractivity contribution in [2.75, 3.05) is 12.5 Å². The number of nitrogens with zero attached hydrogens (tertiary/aromatic N) is 2. The van der Waals surface area contributed by atoms with E-state index in [4.69, 9.17) is 21.1 Å². The molecule has 6 nitrogen and oxygen atoms in total. The number of esters is 1. The van der Waals surface area contributed by atoms with E-state index in [1.54, 1.807) is 6.92 Å². The zero-order valence-corrected chi connectivity index (χ0v) is 9.94. The standard InChI is InChI=1S/C10H11ClN2O4/c1-2-16-9(15)7-4-12-10-13(8(7)14)5-6(3-11)17-10/h4,6H,2-3,5H2,1H3/t6-/m0/s1. The third-order valence-corrected chi connectivity index (χ3v) is 2.68. The quantitative estimate of drug-likeness (QED) is 0.580. The SMILES string of the molecule is CCOC(=O)c1cnc2n(c1=O)C[C@H](CCl)O2. The summed E-state index contributed by atoms with van der Waals surface area (Å²) < 4.78 is 11.4. The van der Waals surface area contributed by atoms with Gasteiger partial charge >= 0.3 is 5.97 Å². The number of halogens is 1. The summed E-state index contributed by atoms with van der Waals surface area (Å²) in [6.07, 6.45) is 0.886. The van der Waals surface area contributed by atoms with E-state index in [1.807, 2.05) is 0 Å². The highest BCUT2D eigenvalue weighted by Crippen LogP contribution is 2.17. The minimum Gasteiger partial charge on any atom is -0.462 e. The molecule has 92 valence electrons. The van der Waals surface area contributed by atoms with Crippen molar-refractivity contribution >= 4 is 17.6 Å². The van der Waals surface area contributed by atoms with Crippen LogP contribution in [0.3, 0.4) is 0 Å². The van der Waals surface area contributed by atoms with Gasteiger partial charge in [-0.3, -0.25) is 9.36 Å². The Hall–Kier alpha value is -1.56. The molecule has 0 saturated carbocycles. The summed E-state index contributed by atoms with van der Waals surface area (Å²) in [5.41, 5.74) is -0.546. The summed E-state index contributed by atoms with van der Waals surface area (Å²) in [4.78, 5) is 27.3. The van der Waals surface area contributed by atoms with Crippen molar-refractivity contribution in [3.8, 4) is 6.01 Å². The van der Waals surface area contributed by atoms with Crippen LogP contribution >= 0.6 is 11.6 Å². The van der Waals surface area contributed by atoms with Crippen molar-refractivity contribution < 1.29 is 14.3 Å². The van der Waals surface area contributed by atoms with E-state index in [-0.39, 0.29) is 30.2 Å². The van der Waals surface area contributed by atoms with E-state index in [2.05, 4.69) is 4.98 Å². The molecule has 1 aromatic heterocycles. The summed E-state index contributed by atoms with van der Waals surface area (Å²) in [6, 6.07) is 0.189. The van der Waals surface area contributed by atoms with Gasteiger partial charge in [-0.25, -0.2) is 9.78 Å². The molecule has 1 aromatic rings. The highest BCUT2D eigenvalue weighted by atomic mass is 35.5. The third kappa shape index (κ3) is 2.12. The number of hydrogen-bond donors (Lipinski definition) is 0. The Balaban J connectivity index is 2.36. The zero-order chi connectivity index (χ0) is 12.4. The first kappa shape index (κ1) is 11.9. The Morgan fingerprint density at radius 3 is 3.18 bits per heavy atom. The number of alkyl halides is 1. The highest BCUT2D eigenvalue weighted by Gasteiger charge is 2.27. The predicted octanol–water partition coefficient (Wildman–Crippen LogP) is 0.420. The summed E-state index contributed by atoms with van der Waals surface area (Å²) in [6.45, 7) is 2.18. The van der Waals surface area contributed by atoms with Gasteiger partial charge in [0.05, 0.1) is 25.2 Å².